The van der Waals surface area contributed by atoms with Crippen LogP contribution in [0.2, 0.25) is 0 Å². The maximum atomic E-state index is 13.6. The Bertz CT molecular complexity index is 1460. The lowest BCUT2D eigenvalue weighted by Gasteiger charge is -2.39. The SMILES string of the molecule is O=C(O)[C@@H](c1c[nH]c2cc(F)ccc12)N1CCN(C2=Nc3ccccc3Oc3ccccc32)CC1. The average Bonchev–Trinajstić information content (AvgIpc) is 3.18. The number of ether oxygens (including phenoxy) is 1. The van der Waals surface area contributed by atoms with E-state index in [1.54, 1.807) is 12.3 Å². The minimum Gasteiger partial charge on any atom is -0.480 e. The number of carboxylic acid groups (broad SMARTS) is 1. The molecule has 4 aromatic rings. The monoisotopic (exact) mass is 470 g/mol. The van der Waals surface area contributed by atoms with Crippen LogP contribution in [0.3, 0.4) is 0 Å². The highest BCUT2D eigenvalue weighted by Gasteiger charge is 2.34. The Hall–Kier alpha value is -4.17. The van der Waals surface area contributed by atoms with Crippen molar-refractivity contribution in [2.75, 3.05) is 26.2 Å². The van der Waals surface area contributed by atoms with Gasteiger partial charge in [0.15, 0.2) is 5.75 Å². The maximum absolute atomic E-state index is 13.6. The maximum Gasteiger partial charge on any atom is 0.325 e. The molecule has 0 amide bonds. The lowest BCUT2D eigenvalue weighted by molar-refractivity contribution is -0.144. The van der Waals surface area contributed by atoms with E-state index in [1.807, 2.05) is 53.4 Å². The van der Waals surface area contributed by atoms with Gasteiger partial charge in [-0.3, -0.25) is 9.69 Å². The summed E-state index contributed by atoms with van der Waals surface area (Å²) < 4.78 is 19.8. The number of aliphatic carboxylic acids is 1. The van der Waals surface area contributed by atoms with Crippen LogP contribution in [0.5, 0.6) is 11.5 Å². The molecule has 7 nitrogen and oxygen atoms in total. The lowest BCUT2D eigenvalue weighted by atomic mass is 10.0. The smallest absolute Gasteiger partial charge is 0.325 e. The van der Waals surface area contributed by atoms with E-state index in [0.29, 0.717) is 43.0 Å². The van der Waals surface area contributed by atoms with Gasteiger partial charge in [-0.1, -0.05) is 24.3 Å². The number of aromatic nitrogens is 1. The molecular weight excluding hydrogens is 447 g/mol. The molecule has 8 heteroatoms. The van der Waals surface area contributed by atoms with Crippen LogP contribution < -0.4 is 4.74 Å². The molecule has 3 heterocycles. The Labute approximate surface area is 201 Å². The van der Waals surface area contributed by atoms with Gasteiger partial charge in [0.2, 0.25) is 0 Å². The van der Waals surface area contributed by atoms with E-state index < -0.39 is 12.0 Å². The van der Waals surface area contributed by atoms with Crippen molar-refractivity contribution < 1.29 is 19.0 Å². The number of carbonyl (C=O) groups is 1. The predicted molar refractivity (Wildman–Crippen MR) is 131 cm³/mol. The quantitative estimate of drug-likeness (QED) is 0.444. The molecule has 2 aliphatic rings. The second-order valence-electron chi connectivity index (χ2n) is 8.70. The first kappa shape index (κ1) is 21.4. The van der Waals surface area contributed by atoms with Crippen molar-refractivity contribution in [1.29, 1.82) is 0 Å². The highest BCUT2D eigenvalue weighted by atomic mass is 19.1. The average molecular weight is 471 g/mol. The minimum atomic E-state index is -0.928. The molecule has 0 bridgehead atoms. The fourth-order valence-electron chi connectivity index (χ4n) is 4.93. The van der Waals surface area contributed by atoms with Crippen LogP contribution in [0, 0.1) is 5.82 Å². The number of para-hydroxylation sites is 3. The zero-order valence-corrected chi connectivity index (χ0v) is 18.8. The Morgan fingerprint density at radius 1 is 1.00 bits per heavy atom. The van der Waals surface area contributed by atoms with Crippen LogP contribution in [0.1, 0.15) is 17.2 Å². The molecule has 1 saturated heterocycles. The molecule has 1 atom stereocenters. The van der Waals surface area contributed by atoms with Crippen molar-refractivity contribution in [1.82, 2.24) is 14.8 Å². The van der Waals surface area contributed by atoms with E-state index in [9.17, 15) is 14.3 Å². The number of fused-ring (bicyclic) bond motifs is 3. The summed E-state index contributed by atoms with van der Waals surface area (Å²) in [5.74, 6) is 0.979. The fraction of sp³-hybridized carbons (Fsp3) is 0.185. The number of rotatable bonds is 3. The van der Waals surface area contributed by atoms with Gasteiger partial charge in [-0.05, 0) is 42.5 Å². The van der Waals surface area contributed by atoms with E-state index in [0.717, 1.165) is 28.2 Å². The first-order valence-corrected chi connectivity index (χ1v) is 11.5. The Balaban J connectivity index is 1.29. The minimum absolute atomic E-state index is 0.360. The second kappa shape index (κ2) is 8.56. The van der Waals surface area contributed by atoms with Gasteiger partial charge in [-0.15, -0.1) is 0 Å². The number of H-pyrrole nitrogens is 1. The van der Waals surface area contributed by atoms with E-state index in [-0.39, 0.29) is 5.82 Å². The summed E-state index contributed by atoms with van der Waals surface area (Å²) in [6, 6.07) is 19.1. The largest absolute Gasteiger partial charge is 0.480 e. The lowest BCUT2D eigenvalue weighted by Crippen LogP contribution is -2.51. The van der Waals surface area contributed by atoms with Crippen molar-refractivity contribution in [3.63, 3.8) is 0 Å². The van der Waals surface area contributed by atoms with E-state index >= 15 is 0 Å². The number of aliphatic imine (C=N–C) groups is 1. The third-order valence-electron chi connectivity index (χ3n) is 6.62. The Morgan fingerprint density at radius 3 is 2.54 bits per heavy atom. The molecule has 1 fully saturated rings. The van der Waals surface area contributed by atoms with Gasteiger partial charge in [-0.2, -0.15) is 0 Å². The fourth-order valence-corrected chi connectivity index (χ4v) is 4.93. The molecule has 0 radical (unpaired) electrons. The topological polar surface area (TPSA) is 81.2 Å². The van der Waals surface area contributed by atoms with Gasteiger partial charge in [0.1, 0.15) is 29.1 Å². The molecule has 0 aliphatic carbocycles. The molecule has 3 aromatic carbocycles. The zero-order valence-electron chi connectivity index (χ0n) is 18.8. The van der Waals surface area contributed by atoms with Crippen molar-refractivity contribution >= 4 is 28.4 Å². The molecular formula is C27H23FN4O3. The number of amidine groups is 1. The number of aromatic amines is 1. The summed E-state index contributed by atoms with van der Waals surface area (Å²) in [5.41, 5.74) is 2.90. The van der Waals surface area contributed by atoms with Crippen LogP contribution in [-0.2, 0) is 4.79 Å². The second-order valence-corrected chi connectivity index (χ2v) is 8.70. The molecule has 2 aliphatic heterocycles. The highest BCUT2D eigenvalue weighted by molar-refractivity contribution is 6.03. The highest BCUT2D eigenvalue weighted by Crippen LogP contribution is 2.38. The van der Waals surface area contributed by atoms with Crippen LogP contribution in [-0.4, -0.2) is 57.9 Å². The number of nitrogens with one attached hydrogen (secondary N) is 1. The third kappa shape index (κ3) is 3.81. The van der Waals surface area contributed by atoms with Gasteiger partial charge in [0.05, 0.1) is 5.56 Å². The third-order valence-corrected chi connectivity index (χ3v) is 6.62. The number of carboxylic acids is 1. The number of piperazine rings is 1. The normalized spacial score (nSPS) is 16.6. The summed E-state index contributed by atoms with van der Waals surface area (Å²) in [6.07, 6.45) is 1.68. The van der Waals surface area contributed by atoms with E-state index in [1.165, 1.54) is 12.1 Å². The molecule has 0 unspecified atom stereocenters. The Kier molecular flexibility index (Phi) is 5.22. The number of benzene rings is 3. The standard InChI is InChI=1S/C27H23FN4O3/c28-17-9-10-18-20(16-29-22(18)15-17)25(27(33)34)31-11-13-32(14-12-31)26-19-5-1-3-7-23(19)35-24-8-4-2-6-21(24)30-26/h1-10,15-16,25,29H,11-14H2,(H,33,34)/t25-/m1/s1. The van der Waals surface area contributed by atoms with Crippen LogP contribution in [0.15, 0.2) is 77.9 Å². The van der Waals surface area contributed by atoms with Gasteiger partial charge in [0, 0.05) is 48.8 Å². The van der Waals surface area contributed by atoms with E-state index in [2.05, 4.69) is 9.88 Å². The molecule has 0 spiro atoms. The molecule has 1 aromatic heterocycles. The van der Waals surface area contributed by atoms with Crippen LogP contribution in [0.4, 0.5) is 10.1 Å². The summed E-state index contributed by atoms with van der Waals surface area (Å²) in [6.45, 7) is 2.29. The predicted octanol–water partition coefficient (Wildman–Crippen LogP) is 4.93. The molecule has 176 valence electrons. The number of halogens is 1. The number of hydrogen-bond donors (Lipinski definition) is 2. The van der Waals surface area contributed by atoms with Gasteiger partial charge >= 0.3 is 5.97 Å². The van der Waals surface area contributed by atoms with Crippen molar-refractivity contribution in [3.8, 4) is 11.5 Å². The molecule has 35 heavy (non-hydrogen) atoms. The molecule has 6 rings (SSSR count). The first-order valence-electron chi connectivity index (χ1n) is 11.5. The van der Waals surface area contributed by atoms with Crippen LogP contribution >= 0.6 is 0 Å². The number of nitrogens with zero attached hydrogens (tertiary/aromatic N) is 3. The molecule has 2 N–H and O–H groups in total. The zero-order chi connectivity index (χ0) is 23.9. The van der Waals surface area contributed by atoms with Gasteiger partial charge in [0.25, 0.3) is 0 Å². The van der Waals surface area contributed by atoms with E-state index in [4.69, 9.17) is 9.73 Å². The summed E-state index contributed by atoms with van der Waals surface area (Å²) >= 11 is 0. The molecule has 0 saturated carbocycles. The summed E-state index contributed by atoms with van der Waals surface area (Å²) in [4.78, 5) is 24.5. The number of hydrogen-bond acceptors (Lipinski definition) is 5. The van der Waals surface area contributed by atoms with Gasteiger partial charge in [-0.25, -0.2) is 9.38 Å². The van der Waals surface area contributed by atoms with Gasteiger partial charge < -0.3 is 19.7 Å². The van der Waals surface area contributed by atoms with Crippen molar-refractivity contribution in [2.45, 2.75) is 6.04 Å². The summed E-state index contributed by atoms with van der Waals surface area (Å²) in [7, 11) is 0. The van der Waals surface area contributed by atoms with Crippen LogP contribution in [0.25, 0.3) is 10.9 Å². The first-order chi connectivity index (χ1) is 17.1. The summed E-state index contributed by atoms with van der Waals surface area (Å²) in [5, 5.41) is 10.8. The van der Waals surface area contributed by atoms with Crippen molar-refractivity contribution in [2.24, 2.45) is 4.99 Å². The van der Waals surface area contributed by atoms with Crippen molar-refractivity contribution in [3.05, 3.63) is 89.9 Å². The Morgan fingerprint density at radius 2 is 1.74 bits per heavy atom.